The lowest BCUT2D eigenvalue weighted by Crippen LogP contribution is -2.39. The number of halogens is 5. The Hall–Kier alpha value is -2.98. The van der Waals surface area contributed by atoms with Crippen LogP contribution in [0.4, 0.5) is 23.2 Å². The first kappa shape index (κ1) is 21.3. The van der Waals surface area contributed by atoms with Gasteiger partial charge in [0, 0.05) is 19.3 Å². The Labute approximate surface area is 178 Å². The third-order valence-corrected chi connectivity index (χ3v) is 5.20. The fourth-order valence-corrected chi connectivity index (χ4v) is 3.48. The molecule has 0 radical (unpaired) electrons. The van der Waals surface area contributed by atoms with E-state index in [2.05, 4.69) is 10.1 Å². The minimum absolute atomic E-state index is 0.0855. The molecule has 0 bridgehead atoms. The molecule has 0 spiro atoms. The predicted molar refractivity (Wildman–Crippen MR) is 105 cm³/mol. The van der Waals surface area contributed by atoms with E-state index in [4.69, 9.17) is 16.3 Å². The molecule has 0 aliphatic carbocycles. The van der Waals surface area contributed by atoms with E-state index in [0.29, 0.717) is 31.6 Å². The maximum atomic E-state index is 13.2. The van der Waals surface area contributed by atoms with Gasteiger partial charge in [-0.15, -0.1) is 0 Å². The molecule has 1 fully saturated rings. The molecule has 3 heterocycles. The van der Waals surface area contributed by atoms with Crippen molar-refractivity contribution >= 4 is 17.3 Å². The lowest BCUT2D eigenvalue weighted by molar-refractivity contribution is -0.137. The number of hydrogen-bond donors (Lipinski definition) is 0. The summed E-state index contributed by atoms with van der Waals surface area (Å²) < 4.78 is 57.9. The predicted octanol–water partition coefficient (Wildman–Crippen LogP) is 4.02. The number of morpholine rings is 1. The van der Waals surface area contributed by atoms with Crippen molar-refractivity contribution in [1.29, 1.82) is 0 Å². The Balaban J connectivity index is 1.60. The number of rotatable bonds is 3. The molecule has 3 aromatic rings. The molecular weight excluding hydrogens is 440 g/mol. The number of benzene rings is 1. The minimum atomic E-state index is -4.54. The van der Waals surface area contributed by atoms with Crippen LogP contribution in [-0.2, 0) is 10.9 Å². The summed E-state index contributed by atoms with van der Waals surface area (Å²) in [5.74, 6) is -0.443. The van der Waals surface area contributed by atoms with E-state index >= 15 is 0 Å². The van der Waals surface area contributed by atoms with Crippen molar-refractivity contribution in [3.05, 3.63) is 81.1 Å². The van der Waals surface area contributed by atoms with Gasteiger partial charge in [0.05, 0.1) is 24.1 Å². The molecule has 4 rings (SSSR count). The van der Waals surface area contributed by atoms with Crippen molar-refractivity contribution in [3.63, 3.8) is 0 Å². The Morgan fingerprint density at radius 2 is 1.84 bits per heavy atom. The quantitative estimate of drug-likeness (QED) is 0.560. The highest BCUT2D eigenvalue weighted by Gasteiger charge is 2.31. The molecular formula is C20H15ClF4N4O2. The van der Waals surface area contributed by atoms with E-state index in [0.717, 1.165) is 22.4 Å². The maximum absolute atomic E-state index is 13.2. The molecule has 1 aromatic carbocycles. The van der Waals surface area contributed by atoms with Gasteiger partial charge in [0.25, 0.3) is 5.56 Å². The van der Waals surface area contributed by atoms with Crippen molar-refractivity contribution in [2.24, 2.45) is 0 Å². The molecule has 1 aliphatic heterocycles. The summed E-state index contributed by atoms with van der Waals surface area (Å²) >= 11 is 6.29. The van der Waals surface area contributed by atoms with Crippen LogP contribution in [0.3, 0.4) is 0 Å². The zero-order chi connectivity index (χ0) is 22.2. The molecule has 31 heavy (non-hydrogen) atoms. The largest absolute Gasteiger partial charge is 0.417 e. The van der Waals surface area contributed by atoms with E-state index in [1.54, 1.807) is 12.1 Å². The van der Waals surface area contributed by atoms with Crippen LogP contribution < -0.4 is 10.5 Å². The molecule has 6 nitrogen and oxygen atoms in total. The van der Waals surface area contributed by atoms with Gasteiger partial charge in [0.15, 0.2) is 5.82 Å². The summed E-state index contributed by atoms with van der Waals surface area (Å²) in [5, 5.41) is 3.89. The summed E-state index contributed by atoms with van der Waals surface area (Å²) in [7, 11) is 0. The number of hydrogen-bond acceptors (Lipinski definition) is 5. The molecule has 11 heteroatoms. The van der Waals surface area contributed by atoms with Crippen LogP contribution in [-0.4, -0.2) is 34.5 Å². The highest BCUT2D eigenvalue weighted by atomic mass is 35.5. The molecule has 1 atom stereocenters. The summed E-state index contributed by atoms with van der Waals surface area (Å²) in [6.07, 6.45) is -2.91. The van der Waals surface area contributed by atoms with Gasteiger partial charge in [-0.05, 0) is 29.8 Å². The van der Waals surface area contributed by atoms with Crippen molar-refractivity contribution in [2.75, 3.05) is 24.6 Å². The van der Waals surface area contributed by atoms with Crippen molar-refractivity contribution in [2.45, 2.75) is 12.3 Å². The van der Waals surface area contributed by atoms with Gasteiger partial charge in [0.1, 0.15) is 16.9 Å². The van der Waals surface area contributed by atoms with E-state index < -0.39 is 17.3 Å². The average molecular weight is 455 g/mol. The second-order valence-electron chi connectivity index (χ2n) is 6.82. The zero-order valence-electron chi connectivity index (χ0n) is 15.8. The summed E-state index contributed by atoms with van der Waals surface area (Å²) in [5.41, 5.74) is -0.508. The minimum Gasteiger partial charge on any atom is -0.370 e. The first-order chi connectivity index (χ1) is 14.7. The number of anilines is 1. The lowest BCUT2D eigenvalue weighted by Gasteiger charge is -2.34. The first-order valence-electron chi connectivity index (χ1n) is 9.17. The van der Waals surface area contributed by atoms with Gasteiger partial charge in [-0.3, -0.25) is 4.79 Å². The number of nitrogens with zero attached hydrogens (tertiary/aromatic N) is 4. The van der Waals surface area contributed by atoms with E-state index in [-0.39, 0.29) is 22.8 Å². The summed E-state index contributed by atoms with van der Waals surface area (Å²) in [4.78, 5) is 18.2. The maximum Gasteiger partial charge on any atom is 0.417 e. The monoisotopic (exact) mass is 454 g/mol. The van der Waals surface area contributed by atoms with E-state index in [1.807, 2.05) is 4.90 Å². The number of alkyl halides is 3. The Morgan fingerprint density at radius 1 is 1.10 bits per heavy atom. The molecule has 0 amide bonds. The smallest absolute Gasteiger partial charge is 0.370 e. The third kappa shape index (κ3) is 4.40. The van der Waals surface area contributed by atoms with E-state index in [9.17, 15) is 22.4 Å². The van der Waals surface area contributed by atoms with Crippen LogP contribution >= 0.6 is 11.6 Å². The van der Waals surface area contributed by atoms with Crippen LogP contribution in [0.2, 0.25) is 5.02 Å². The standard InChI is InChI=1S/C20H15ClF4N4O2/c21-18-15(28-7-8-31-16(11-28)12-1-4-14(22)5-2-12)10-27-29(19(18)30)17-6-3-13(9-26-17)20(23,24)25/h1-6,9-10,16H,7-8,11H2. The molecule has 0 saturated carbocycles. The Kier molecular flexibility index (Phi) is 5.67. The van der Waals surface area contributed by atoms with Gasteiger partial charge >= 0.3 is 6.18 Å². The number of pyridine rings is 1. The number of ether oxygens (including phenoxy) is 1. The van der Waals surface area contributed by atoms with Crippen LogP contribution in [0, 0.1) is 5.82 Å². The van der Waals surface area contributed by atoms with Crippen LogP contribution in [0.1, 0.15) is 17.2 Å². The fourth-order valence-electron chi connectivity index (χ4n) is 3.23. The first-order valence-corrected chi connectivity index (χ1v) is 9.55. The molecule has 162 valence electrons. The topological polar surface area (TPSA) is 60.3 Å². The SMILES string of the molecule is O=c1c(Cl)c(N2CCOC(c3ccc(F)cc3)C2)cnn1-c1ccc(C(F)(F)F)cn1. The third-order valence-electron chi connectivity index (χ3n) is 4.84. The lowest BCUT2D eigenvalue weighted by atomic mass is 10.1. The highest BCUT2D eigenvalue weighted by molar-refractivity contribution is 6.33. The van der Waals surface area contributed by atoms with Crippen molar-refractivity contribution in [1.82, 2.24) is 14.8 Å². The second-order valence-corrected chi connectivity index (χ2v) is 7.20. The average Bonchev–Trinajstić information content (AvgIpc) is 2.76. The molecule has 1 saturated heterocycles. The molecule has 1 aliphatic rings. The van der Waals surface area contributed by atoms with Gasteiger partial charge in [-0.25, -0.2) is 9.37 Å². The van der Waals surface area contributed by atoms with Gasteiger partial charge < -0.3 is 9.64 Å². The molecule has 0 N–H and O–H groups in total. The summed E-state index contributed by atoms with van der Waals surface area (Å²) in [6, 6.07) is 7.78. The second kappa shape index (κ2) is 8.27. The molecule has 2 aromatic heterocycles. The highest BCUT2D eigenvalue weighted by Crippen LogP contribution is 2.30. The van der Waals surface area contributed by atoms with Crippen molar-refractivity contribution in [3.8, 4) is 5.82 Å². The summed E-state index contributed by atoms with van der Waals surface area (Å²) in [6.45, 7) is 1.15. The van der Waals surface area contributed by atoms with Crippen LogP contribution in [0.5, 0.6) is 0 Å². The fraction of sp³-hybridized carbons (Fsp3) is 0.250. The van der Waals surface area contributed by atoms with Gasteiger partial charge in [-0.1, -0.05) is 23.7 Å². The number of aromatic nitrogens is 3. The Bertz CT molecular complexity index is 1130. The van der Waals surface area contributed by atoms with E-state index in [1.165, 1.54) is 18.3 Å². The zero-order valence-corrected chi connectivity index (χ0v) is 16.6. The normalized spacial score (nSPS) is 17.1. The molecule has 1 unspecified atom stereocenters. The van der Waals surface area contributed by atoms with Crippen molar-refractivity contribution < 1.29 is 22.3 Å². The Morgan fingerprint density at radius 3 is 2.48 bits per heavy atom. The van der Waals surface area contributed by atoms with Gasteiger partial charge in [0.2, 0.25) is 0 Å². The van der Waals surface area contributed by atoms with Crippen LogP contribution in [0.15, 0.2) is 53.6 Å². The van der Waals surface area contributed by atoms with Crippen LogP contribution in [0.25, 0.3) is 5.82 Å². The van der Waals surface area contributed by atoms with Gasteiger partial charge in [-0.2, -0.15) is 23.0 Å².